The molecule has 1 heterocycles. The third-order valence-electron chi connectivity index (χ3n) is 2.95. The smallest absolute Gasteiger partial charge is 0.266 e. The van der Waals surface area contributed by atoms with Crippen molar-refractivity contribution in [2.24, 2.45) is 0 Å². The lowest BCUT2D eigenvalue weighted by molar-refractivity contribution is -0.305. The van der Waals surface area contributed by atoms with Crippen molar-refractivity contribution in [3.8, 4) is 11.5 Å². The number of nitrogens with zero attached hydrogens (tertiary/aromatic N) is 1. The fourth-order valence-electron chi connectivity index (χ4n) is 1.97. The molecule has 6 nitrogen and oxygen atoms in total. The van der Waals surface area contributed by atoms with Crippen LogP contribution in [0.4, 0.5) is 0 Å². The van der Waals surface area contributed by atoms with E-state index in [9.17, 15) is 14.7 Å². The predicted octanol–water partition coefficient (Wildman–Crippen LogP) is 1.04. The van der Waals surface area contributed by atoms with E-state index in [-0.39, 0.29) is 4.32 Å². The fourth-order valence-corrected chi connectivity index (χ4v) is 3.22. The van der Waals surface area contributed by atoms with E-state index in [1.165, 1.54) is 0 Å². The van der Waals surface area contributed by atoms with E-state index in [1.54, 1.807) is 31.4 Å². The van der Waals surface area contributed by atoms with Gasteiger partial charge in [-0.3, -0.25) is 9.69 Å². The topological polar surface area (TPSA) is 78.9 Å². The molecule has 1 fully saturated rings. The molecule has 0 atom stereocenters. The van der Waals surface area contributed by atoms with Crippen LogP contribution in [-0.4, -0.2) is 41.4 Å². The van der Waals surface area contributed by atoms with E-state index < -0.39 is 18.4 Å². The van der Waals surface area contributed by atoms with Crippen LogP contribution in [0.5, 0.6) is 11.5 Å². The molecule has 0 bridgehead atoms. The second-order valence-electron chi connectivity index (χ2n) is 4.48. The number of rotatable bonds is 6. The van der Waals surface area contributed by atoms with Crippen LogP contribution in [0.1, 0.15) is 12.5 Å². The van der Waals surface area contributed by atoms with Gasteiger partial charge in [0.05, 0.1) is 31.1 Å². The number of methoxy groups -OCH3 is 1. The number of thioether (sulfide) groups is 1. The van der Waals surface area contributed by atoms with Crippen LogP contribution in [0, 0.1) is 0 Å². The third kappa shape index (κ3) is 4.02. The van der Waals surface area contributed by atoms with Crippen LogP contribution in [0.15, 0.2) is 23.1 Å². The SMILES string of the molecule is CCOc1cc(/C=C2\SC(=S)N(CC(=O)[O-])C2=O)ccc1OC. The average Bonchev–Trinajstić information content (AvgIpc) is 2.75. The highest BCUT2D eigenvalue weighted by Gasteiger charge is 2.31. The van der Waals surface area contributed by atoms with Gasteiger partial charge in [0, 0.05) is 0 Å². The van der Waals surface area contributed by atoms with Crippen molar-refractivity contribution in [2.75, 3.05) is 20.3 Å². The Labute approximate surface area is 143 Å². The van der Waals surface area contributed by atoms with Gasteiger partial charge in [-0.05, 0) is 30.7 Å². The molecule has 122 valence electrons. The van der Waals surface area contributed by atoms with Crippen molar-refractivity contribution in [1.29, 1.82) is 0 Å². The Bertz CT molecular complexity index is 686. The van der Waals surface area contributed by atoms with E-state index in [0.29, 0.717) is 23.0 Å². The number of hydrogen-bond acceptors (Lipinski definition) is 7. The summed E-state index contributed by atoms with van der Waals surface area (Å²) in [6.45, 7) is 1.79. The number of benzene rings is 1. The van der Waals surface area contributed by atoms with E-state index in [1.807, 2.05) is 6.92 Å². The summed E-state index contributed by atoms with van der Waals surface area (Å²) >= 11 is 6.08. The zero-order valence-corrected chi connectivity index (χ0v) is 14.2. The lowest BCUT2D eigenvalue weighted by atomic mass is 10.2. The highest BCUT2D eigenvalue weighted by molar-refractivity contribution is 8.26. The van der Waals surface area contributed by atoms with Crippen molar-refractivity contribution >= 4 is 46.3 Å². The third-order valence-corrected chi connectivity index (χ3v) is 4.32. The van der Waals surface area contributed by atoms with Gasteiger partial charge in [-0.2, -0.15) is 0 Å². The summed E-state index contributed by atoms with van der Waals surface area (Å²) in [6, 6.07) is 5.25. The largest absolute Gasteiger partial charge is 0.548 e. The quantitative estimate of drug-likeness (QED) is 0.559. The first-order valence-electron chi connectivity index (χ1n) is 6.72. The van der Waals surface area contributed by atoms with Gasteiger partial charge in [0.25, 0.3) is 5.91 Å². The summed E-state index contributed by atoms with van der Waals surface area (Å²) in [5.41, 5.74) is 0.725. The summed E-state index contributed by atoms with van der Waals surface area (Å²) in [6.07, 6.45) is 1.64. The maximum Gasteiger partial charge on any atom is 0.266 e. The molecule has 0 saturated carbocycles. The predicted molar refractivity (Wildman–Crippen MR) is 89.0 cm³/mol. The van der Waals surface area contributed by atoms with Crippen LogP contribution in [-0.2, 0) is 9.59 Å². The van der Waals surface area contributed by atoms with Gasteiger partial charge in [-0.1, -0.05) is 30.0 Å². The second kappa shape index (κ2) is 7.47. The number of carbonyl (C=O) groups excluding carboxylic acids is 2. The molecule has 23 heavy (non-hydrogen) atoms. The van der Waals surface area contributed by atoms with E-state index in [4.69, 9.17) is 21.7 Å². The molecular formula is C15H14NO5S2-. The molecular weight excluding hydrogens is 338 g/mol. The molecule has 0 aliphatic carbocycles. The minimum Gasteiger partial charge on any atom is -0.548 e. The number of carbonyl (C=O) groups is 2. The molecule has 1 amide bonds. The number of thiocarbonyl (C=S) groups is 1. The molecule has 1 aromatic rings. The Morgan fingerprint density at radius 1 is 1.43 bits per heavy atom. The first kappa shape index (κ1) is 17.3. The van der Waals surface area contributed by atoms with Gasteiger partial charge < -0.3 is 19.4 Å². The maximum atomic E-state index is 12.2. The number of carboxylic acid groups (broad SMARTS) is 1. The normalized spacial score (nSPS) is 16.1. The number of carboxylic acids is 1. The van der Waals surface area contributed by atoms with Gasteiger partial charge in [0.15, 0.2) is 11.5 Å². The lowest BCUT2D eigenvalue weighted by Gasteiger charge is -2.14. The van der Waals surface area contributed by atoms with Crippen molar-refractivity contribution in [2.45, 2.75) is 6.92 Å². The van der Waals surface area contributed by atoms with Gasteiger partial charge >= 0.3 is 0 Å². The first-order valence-corrected chi connectivity index (χ1v) is 7.94. The summed E-state index contributed by atoms with van der Waals surface area (Å²) in [4.78, 5) is 24.2. The molecule has 2 rings (SSSR count). The molecule has 1 aliphatic heterocycles. The highest BCUT2D eigenvalue weighted by Crippen LogP contribution is 2.34. The minimum absolute atomic E-state index is 0.198. The monoisotopic (exact) mass is 352 g/mol. The Morgan fingerprint density at radius 3 is 2.78 bits per heavy atom. The van der Waals surface area contributed by atoms with Gasteiger partial charge in [0.2, 0.25) is 0 Å². The van der Waals surface area contributed by atoms with Gasteiger partial charge in [-0.15, -0.1) is 0 Å². The van der Waals surface area contributed by atoms with Gasteiger partial charge in [0.1, 0.15) is 4.32 Å². The van der Waals surface area contributed by atoms with Crippen LogP contribution in [0.2, 0.25) is 0 Å². The molecule has 0 unspecified atom stereocenters. The van der Waals surface area contributed by atoms with E-state index in [2.05, 4.69) is 0 Å². The molecule has 1 aliphatic rings. The molecule has 0 N–H and O–H groups in total. The zero-order chi connectivity index (χ0) is 17.0. The van der Waals surface area contributed by atoms with E-state index >= 15 is 0 Å². The lowest BCUT2D eigenvalue weighted by Crippen LogP contribution is -2.40. The Morgan fingerprint density at radius 2 is 2.17 bits per heavy atom. The van der Waals surface area contributed by atoms with Crippen molar-refractivity contribution in [3.05, 3.63) is 28.7 Å². The van der Waals surface area contributed by atoms with Crippen LogP contribution >= 0.6 is 24.0 Å². The molecule has 1 saturated heterocycles. The van der Waals surface area contributed by atoms with Crippen LogP contribution < -0.4 is 14.6 Å². The highest BCUT2D eigenvalue weighted by atomic mass is 32.2. The van der Waals surface area contributed by atoms with Gasteiger partial charge in [-0.25, -0.2) is 0 Å². The Hall–Kier alpha value is -2.06. The Balaban J connectivity index is 2.28. The molecule has 8 heteroatoms. The number of ether oxygens (including phenoxy) is 2. The summed E-state index contributed by atoms with van der Waals surface area (Å²) in [5, 5.41) is 10.7. The Kier molecular flexibility index (Phi) is 5.62. The molecule has 0 spiro atoms. The molecule has 1 aromatic carbocycles. The number of hydrogen-bond donors (Lipinski definition) is 0. The first-order chi connectivity index (χ1) is 11.0. The van der Waals surface area contributed by atoms with E-state index in [0.717, 1.165) is 22.2 Å². The standard InChI is InChI=1S/C15H15NO5S2/c1-3-21-11-6-9(4-5-10(11)20-2)7-12-14(19)16(8-13(17)18)15(22)23-12/h4-7H,3,8H2,1-2H3,(H,17,18)/p-1/b12-7-. The zero-order valence-electron chi connectivity index (χ0n) is 12.5. The summed E-state index contributed by atoms with van der Waals surface area (Å²) < 4.78 is 10.9. The van der Waals surface area contributed by atoms with Crippen LogP contribution in [0.25, 0.3) is 6.08 Å². The number of amides is 1. The summed E-state index contributed by atoms with van der Waals surface area (Å²) in [7, 11) is 1.54. The van der Waals surface area contributed by atoms with Crippen molar-refractivity contribution in [3.63, 3.8) is 0 Å². The molecule has 0 radical (unpaired) electrons. The van der Waals surface area contributed by atoms with Crippen LogP contribution in [0.3, 0.4) is 0 Å². The minimum atomic E-state index is -1.36. The number of aliphatic carboxylic acids is 1. The maximum absolute atomic E-state index is 12.2. The average molecular weight is 352 g/mol. The summed E-state index contributed by atoms with van der Waals surface area (Å²) in [5.74, 6) is -0.647. The van der Waals surface area contributed by atoms with Crippen molar-refractivity contribution < 1.29 is 24.2 Å². The van der Waals surface area contributed by atoms with Crippen molar-refractivity contribution in [1.82, 2.24) is 4.90 Å². The second-order valence-corrected chi connectivity index (χ2v) is 6.16. The molecule has 0 aromatic heterocycles. The fraction of sp³-hybridized carbons (Fsp3) is 0.267.